The number of carbonyl (C=O) groups is 1. The van der Waals surface area contributed by atoms with Crippen molar-refractivity contribution in [3.05, 3.63) is 58.6 Å². The van der Waals surface area contributed by atoms with Crippen molar-refractivity contribution in [3.8, 4) is 11.5 Å². The number of aromatic nitrogens is 2. The molecule has 0 radical (unpaired) electrons. The highest BCUT2D eigenvalue weighted by Gasteiger charge is 2.25. The van der Waals surface area contributed by atoms with Crippen molar-refractivity contribution in [2.75, 3.05) is 26.6 Å². The number of nitrogens with zero attached hydrogens (tertiary/aromatic N) is 3. The molecule has 0 aliphatic heterocycles. The van der Waals surface area contributed by atoms with Crippen LogP contribution < -0.4 is 20.3 Å². The molecule has 0 saturated heterocycles. The summed E-state index contributed by atoms with van der Waals surface area (Å²) < 4.78 is 12.1. The molecule has 158 valence electrons. The Bertz CT molecular complexity index is 1130. The van der Waals surface area contributed by atoms with Gasteiger partial charge in [-0.1, -0.05) is 19.1 Å². The number of fused-ring (bicyclic) bond motifs is 1. The van der Waals surface area contributed by atoms with Gasteiger partial charge in [0.25, 0.3) is 5.56 Å². The Morgan fingerprint density at radius 2 is 1.93 bits per heavy atom. The first-order valence-electron chi connectivity index (χ1n) is 9.62. The number of benzene rings is 2. The van der Waals surface area contributed by atoms with Gasteiger partial charge >= 0.3 is 6.03 Å². The normalized spacial score (nSPS) is 11.8. The van der Waals surface area contributed by atoms with E-state index in [4.69, 9.17) is 9.47 Å². The monoisotopic (exact) mass is 410 g/mol. The molecule has 2 amide bonds. The van der Waals surface area contributed by atoms with E-state index in [1.165, 1.54) is 11.7 Å². The van der Waals surface area contributed by atoms with Crippen LogP contribution in [0.15, 0.2) is 47.3 Å². The van der Waals surface area contributed by atoms with Gasteiger partial charge in [0, 0.05) is 20.2 Å². The maximum Gasteiger partial charge on any atom is 0.322 e. The van der Waals surface area contributed by atoms with Gasteiger partial charge in [0.2, 0.25) is 0 Å². The van der Waals surface area contributed by atoms with Gasteiger partial charge < -0.3 is 19.7 Å². The fourth-order valence-electron chi connectivity index (χ4n) is 3.41. The minimum Gasteiger partial charge on any atom is -0.497 e. The summed E-state index contributed by atoms with van der Waals surface area (Å²) in [6, 6.07) is 11.6. The Morgan fingerprint density at radius 3 is 2.60 bits per heavy atom. The van der Waals surface area contributed by atoms with Crippen molar-refractivity contribution in [3.63, 3.8) is 0 Å². The summed E-state index contributed by atoms with van der Waals surface area (Å²) in [5.41, 5.74) is 0.990. The topological polar surface area (TPSA) is 85.7 Å². The SMILES string of the molecule is CCC(c1nc2ccccc2c(=O)n1C)N(C)C(=O)Nc1ccc(OC)cc1OC. The van der Waals surface area contributed by atoms with E-state index in [1.54, 1.807) is 56.4 Å². The predicted octanol–water partition coefficient (Wildman–Crippen LogP) is 3.57. The summed E-state index contributed by atoms with van der Waals surface area (Å²) in [6.45, 7) is 1.95. The Hall–Kier alpha value is -3.55. The number of rotatable bonds is 6. The third-order valence-corrected chi connectivity index (χ3v) is 5.14. The second-order valence-electron chi connectivity index (χ2n) is 6.88. The summed E-state index contributed by atoms with van der Waals surface area (Å²) in [7, 11) is 6.45. The number of hydrogen-bond acceptors (Lipinski definition) is 5. The molecule has 0 bridgehead atoms. The molecule has 1 aromatic heterocycles. The molecular formula is C22H26N4O4. The van der Waals surface area contributed by atoms with E-state index in [9.17, 15) is 9.59 Å². The van der Waals surface area contributed by atoms with Crippen LogP contribution in [0, 0.1) is 0 Å². The number of methoxy groups -OCH3 is 2. The first-order valence-corrected chi connectivity index (χ1v) is 9.62. The molecule has 0 spiro atoms. The van der Waals surface area contributed by atoms with E-state index >= 15 is 0 Å². The number of anilines is 1. The molecule has 0 saturated carbocycles. The Balaban J connectivity index is 1.92. The summed E-state index contributed by atoms with van der Waals surface area (Å²) in [6.07, 6.45) is 0.586. The van der Waals surface area contributed by atoms with Gasteiger partial charge in [-0.2, -0.15) is 0 Å². The molecule has 8 heteroatoms. The van der Waals surface area contributed by atoms with Gasteiger partial charge in [-0.3, -0.25) is 9.36 Å². The average molecular weight is 410 g/mol. The van der Waals surface area contributed by atoms with Gasteiger partial charge in [-0.25, -0.2) is 9.78 Å². The average Bonchev–Trinajstić information content (AvgIpc) is 2.77. The molecule has 1 unspecified atom stereocenters. The highest BCUT2D eigenvalue weighted by atomic mass is 16.5. The number of carbonyl (C=O) groups excluding carboxylic acids is 1. The number of urea groups is 1. The van der Waals surface area contributed by atoms with Crippen LogP contribution in [-0.4, -0.2) is 41.7 Å². The van der Waals surface area contributed by atoms with Gasteiger partial charge in [-0.05, 0) is 30.7 Å². The van der Waals surface area contributed by atoms with Crippen molar-refractivity contribution in [1.29, 1.82) is 0 Å². The molecule has 0 aliphatic rings. The molecule has 1 heterocycles. The molecule has 3 rings (SSSR count). The Morgan fingerprint density at radius 1 is 1.20 bits per heavy atom. The van der Waals surface area contributed by atoms with E-state index in [0.29, 0.717) is 40.3 Å². The van der Waals surface area contributed by atoms with Gasteiger partial charge in [0.1, 0.15) is 17.3 Å². The fourth-order valence-corrected chi connectivity index (χ4v) is 3.41. The van der Waals surface area contributed by atoms with Crippen LogP contribution in [0.3, 0.4) is 0 Å². The van der Waals surface area contributed by atoms with Gasteiger partial charge in [-0.15, -0.1) is 0 Å². The van der Waals surface area contributed by atoms with Crippen molar-refractivity contribution in [2.24, 2.45) is 7.05 Å². The minimum atomic E-state index is -0.392. The summed E-state index contributed by atoms with van der Waals surface area (Å²) in [4.78, 5) is 32.0. The maximum atomic E-state index is 13.0. The standard InChI is InChI=1S/C22H26N4O4/c1-6-18(20-23-16-10-8-7-9-15(16)21(27)26(20)3)25(2)22(28)24-17-12-11-14(29-4)13-19(17)30-5/h7-13,18H,6H2,1-5H3,(H,24,28). The predicted molar refractivity (Wildman–Crippen MR) is 116 cm³/mol. The highest BCUT2D eigenvalue weighted by molar-refractivity contribution is 5.91. The molecule has 30 heavy (non-hydrogen) atoms. The van der Waals surface area contributed by atoms with E-state index in [0.717, 1.165) is 0 Å². The lowest BCUT2D eigenvalue weighted by Gasteiger charge is -2.28. The molecule has 1 N–H and O–H groups in total. The number of hydrogen-bond donors (Lipinski definition) is 1. The number of nitrogens with one attached hydrogen (secondary N) is 1. The highest BCUT2D eigenvalue weighted by Crippen LogP contribution is 2.30. The zero-order valence-electron chi connectivity index (χ0n) is 17.8. The number of para-hydroxylation sites is 1. The van der Waals surface area contributed by atoms with Crippen molar-refractivity contribution in [2.45, 2.75) is 19.4 Å². The summed E-state index contributed by atoms with van der Waals surface area (Å²) in [5.74, 6) is 1.64. The first kappa shape index (κ1) is 21.2. The van der Waals surface area contributed by atoms with Crippen LogP contribution in [0.25, 0.3) is 10.9 Å². The second kappa shape index (κ2) is 8.86. The van der Waals surface area contributed by atoms with Crippen molar-refractivity contribution in [1.82, 2.24) is 14.5 Å². The summed E-state index contributed by atoms with van der Waals surface area (Å²) >= 11 is 0. The van der Waals surface area contributed by atoms with Crippen LogP contribution in [0.2, 0.25) is 0 Å². The number of amides is 2. The van der Waals surface area contributed by atoms with Crippen molar-refractivity contribution >= 4 is 22.6 Å². The fraction of sp³-hybridized carbons (Fsp3) is 0.318. The maximum absolute atomic E-state index is 13.0. The van der Waals surface area contributed by atoms with Crippen LogP contribution in [0.1, 0.15) is 25.2 Å². The molecule has 0 fully saturated rings. The molecule has 1 atom stereocenters. The van der Waals surface area contributed by atoms with E-state index < -0.39 is 6.04 Å². The largest absolute Gasteiger partial charge is 0.497 e. The molecular weight excluding hydrogens is 384 g/mol. The Kier molecular flexibility index (Phi) is 6.25. The molecule has 2 aromatic carbocycles. The van der Waals surface area contributed by atoms with Crippen LogP contribution in [0.4, 0.5) is 10.5 Å². The van der Waals surface area contributed by atoms with Crippen molar-refractivity contribution < 1.29 is 14.3 Å². The lowest BCUT2D eigenvalue weighted by atomic mass is 10.1. The van der Waals surface area contributed by atoms with E-state index in [1.807, 2.05) is 19.1 Å². The minimum absolute atomic E-state index is 0.139. The van der Waals surface area contributed by atoms with Crippen LogP contribution >= 0.6 is 0 Å². The second-order valence-corrected chi connectivity index (χ2v) is 6.88. The molecule has 8 nitrogen and oxygen atoms in total. The lowest BCUT2D eigenvalue weighted by Crippen LogP contribution is -2.38. The Labute approximate surface area is 175 Å². The number of ether oxygens (including phenoxy) is 2. The van der Waals surface area contributed by atoms with E-state index in [2.05, 4.69) is 10.3 Å². The van der Waals surface area contributed by atoms with Crippen LogP contribution in [0.5, 0.6) is 11.5 Å². The smallest absolute Gasteiger partial charge is 0.322 e. The first-order chi connectivity index (χ1) is 14.4. The quantitative estimate of drug-likeness (QED) is 0.672. The lowest BCUT2D eigenvalue weighted by molar-refractivity contribution is 0.198. The molecule has 3 aromatic rings. The third-order valence-electron chi connectivity index (χ3n) is 5.14. The third kappa shape index (κ3) is 3.94. The zero-order valence-corrected chi connectivity index (χ0v) is 17.8. The van der Waals surface area contributed by atoms with Gasteiger partial charge in [0.15, 0.2) is 0 Å². The van der Waals surface area contributed by atoms with Crippen LogP contribution in [-0.2, 0) is 7.05 Å². The van der Waals surface area contributed by atoms with E-state index in [-0.39, 0.29) is 11.6 Å². The zero-order chi connectivity index (χ0) is 21.8. The molecule has 0 aliphatic carbocycles. The van der Waals surface area contributed by atoms with Gasteiger partial charge in [0.05, 0.1) is 36.9 Å². The summed E-state index contributed by atoms with van der Waals surface area (Å²) in [5, 5.41) is 3.41.